The normalized spacial score (nSPS) is 18.0. The number of benzene rings is 1. The fourth-order valence-corrected chi connectivity index (χ4v) is 3.55. The summed E-state index contributed by atoms with van der Waals surface area (Å²) in [7, 11) is 0. The summed E-state index contributed by atoms with van der Waals surface area (Å²) in [4.78, 5) is 15.2. The number of aromatic nitrogens is 3. The molecule has 1 aromatic carbocycles. The predicted octanol–water partition coefficient (Wildman–Crippen LogP) is 2.95. The first-order chi connectivity index (χ1) is 13.7. The number of alkyl halides is 3. The van der Waals surface area contributed by atoms with Gasteiger partial charge < -0.3 is 15.3 Å². The topological polar surface area (TPSA) is 83.3 Å². The Morgan fingerprint density at radius 2 is 2.00 bits per heavy atom. The van der Waals surface area contributed by atoms with Gasteiger partial charge in [-0.3, -0.25) is 9.36 Å². The quantitative estimate of drug-likeness (QED) is 0.787. The van der Waals surface area contributed by atoms with Gasteiger partial charge in [0.2, 0.25) is 5.82 Å². The number of halogens is 3. The number of hydrogen-bond donors (Lipinski definition) is 2. The number of aromatic hydroxyl groups is 1. The molecule has 0 radical (unpaired) electrons. The number of phenolic OH excluding ortho intramolecular Hbond substituents is 1. The summed E-state index contributed by atoms with van der Waals surface area (Å²) in [6.45, 7) is 6.77. The molecule has 0 amide bonds. The second-order valence-corrected chi connectivity index (χ2v) is 7.03. The molecule has 1 fully saturated rings. The molecule has 0 spiro atoms. The van der Waals surface area contributed by atoms with Crippen LogP contribution in [0.1, 0.15) is 32.3 Å². The summed E-state index contributed by atoms with van der Waals surface area (Å²) in [5.74, 6) is -0.486. The van der Waals surface area contributed by atoms with Crippen molar-refractivity contribution in [2.24, 2.45) is 0 Å². The monoisotopic (exact) mass is 411 g/mol. The van der Waals surface area contributed by atoms with E-state index in [1.54, 1.807) is 6.92 Å². The summed E-state index contributed by atoms with van der Waals surface area (Å²) < 4.78 is 39.8. The average molecular weight is 411 g/mol. The molecule has 29 heavy (non-hydrogen) atoms. The fourth-order valence-electron chi connectivity index (χ4n) is 3.55. The Labute approximate surface area is 166 Å². The average Bonchev–Trinajstić information content (AvgIpc) is 2.69. The van der Waals surface area contributed by atoms with E-state index in [1.807, 2.05) is 0 Å². The van der Waals surface area contributed by atoms with Gasteiger partial charge in [0.1, 0.15) is 5.75 Å². The molecule has 1 atom stereocenters. The van der Waals surface area contributed by atoms with Gasteiger partial charge in [-0.1, -0.05) is 6.92 Å². The van der Waals surface area contributed by atoms with E-state index in [2.05, 4.69) is 27.3 Å². The molecule has 1 aromatic heterocycles. The van der Waals surface area contributed by atoms with Crippen LogP contribution in [-0.4, -0.2) is 50.4 Å². The molecule has 1 saturated heterocycles. The molecule has 0 bridgehead atoms. The van der Waals surface area contributed by atoms with E-state index < -0.39 is 23.0 Å². The Hall–Kier alpha value is -2.62. The number of nitrogens with one attached hydrogen (secondary N) is 1. The minimum absolute atomic E-state index is 0.0193. The van der Waals surface area contributed by atoms with Gasteiger partial charge >= 0.3 is 6.18 Å². The zero-order valence-corrected chi connectivity index (χ0v) is 16.3. The van der Waals surface area contributed by atoms with Gasteiger partial charge in [-0.15, -0.1) is 10.2 Å². The van der Waals surface area contributed by atoms with Crippen molar-refractivity contribution in [3.8, 4) is 17.1 Å². The Balaban J connectivity index is 1.92. The van der Waals surface area contributed by atoms with Gasteiger partial charge in [-0.2, -0.15) is 13.2 Å². The van der Waals surface area contributed by atoms with Crippen molar-refractivity contribution >= 4 is 5.82 Å². The molecule has 2 heterocycles. The van der Waals surface area contributed by atoms with Crippen molar-refractivity contribution in [1.29, 1.82) is 0 Å². The number of piperidine rings is 1. The summed E-state index contributed by atoms with van der Waals surface area (Å²) in [5.41, 5.74) is -1.38. The number of anilines is 1. The van der Waals surface area contributed by atoms with Gasteiger partial charge in [-0.25, -0.2) is 0 Å². The first-order valence-electron chi connectivity index (χ1n) is 9.61. The minimum atomic E-state index is -4.58. The van der Waals surface area contributed by atoms with E-state index in [-0.39, 0.29) is 29.8 Å². The maximum atomic E-state index is 12.9. The van der Waals surface area contributed by atoms with Crippen LogP contribution in [0.5, 0.6) is 5.75 Å². The highest BCUT2D eigenvalue weighted by molar-refractivity contribution is 5.65. The zero-order valence-electron chi connectivity index (χ0n) is 16.3. The third kappa shape index (κ3) is 4.52. The maximum absolute atomic E-state index is 12.9. The highest BCUT2D eigenvalue weighted by Crippen LogP contribution is 2.35. The van der Waals surface area contributed by atoms with Gasteiger partial charge in [0, 0.05) is 19.1 Å². The number of rotatable bonds is 5. The van der Waals surface area contributed by atoms with E-state index in [0.29, 0.717) is 6.07 Å². The first kappa shape index (κ1) is 21.1. The van der Waals surface area contributed by atoms with Gasteiger partial charge in [0.05, 0.1) is 11.1 Å². The summed E-state index contributed by atoms with van der Waals surface area (Å²) in [6.07, 6.45) is -2.66. The Morgan fingerprint density at radius 3 is 2.62 bits per heavy atom. The second-order valence-electron chi connectivity index (χ2n) is 7.03. The van der Waals surface area contributed by atoms with E-state index >= 15 is 0 Å². The van der Waals surface area contributed by atoms with Crippen molar-refractivity contribution < 1.29 is 18.3 Å². The standard InChI is InChI=1S/C19H24F3N5O2/c1-3-26-9-5-6-13(11-26)23-16-18(29)27(4-2)17(25-24-16)14-8-7-12(10-15(14)28)19(20,21)22/h7-8,10,13,28H,3-6,9,11H2,1-2H3,(H,23,24)/t13-/m1/s1. The Morgan fingerprint density at radius 1 is 1.24 bits per heavy atom. The minimum Gasteiger partial charge on any atom is -0.507 e. The SMILES string of the molecule is CCN1CCC[C@@H](Nc2nnc(-c3ccc(C(F)(F)F)cc3O)n(CC)c2=O)C1. The van der Waals surface area contributed by atoms with Crippen LogP contribution in [0.4, 0.5) is 19.0 Å². The first-order valence-corrected chi connectivity index (χ1v) is 9.61. The lowest BCUT2D eigenvalue weighted by atomic mass is 10.1. The summed E-state index contributed by atoms with van der Waals surface area (Å²) in [5, 5.41) is 21.3. The lowest BCUT2D eigenvalue weighted by Gasteiger charge is -2.32. The number of hydrogen-bond acceptors (Lipinski definition) is 6. The predicted molar refractivity (Wildman–Crippen MR) is 103 cm³/mol. The van der Waals surface area contributed by atoms with Crippen LogP contribution in [-0.2, 0) is 12.7 Å². The fraction of sp³-hybridized carbons (Fsp3) is 0.526. The lowest BCUT2D eigenvalue weighted by Crippen LogP contribution is -2.43. The third-order valence-electron chi connectivity index (χ3n) is 5.12. The lowest BCUT2D eigenvalue weighted by molar-refractivity contribution is -0.137. The van der Waals surface area contributed by atoms with Crippen LogP contribution >= 0.6 is 0 Å². The van der Waals surface area contributed by atoms with Crippen molar-refractivity contribution in [1.82, 2.24) is 19.7 Å². The number of phenols is 1. The van der Waals surface area contributed by atoms with Crippen LogP contribution in [0.3, 0.4) is 0 Å². The molecule has 0 unspecified atom stereocenters. The zero-order chi connectivity index (χ0) is 21.2. The molecule has 1 aliphatic heterocycles. The Kier molecular flexibility index (Phi) is 6.11. The third-order valence-corrected chi connectivity index (χ3v) is 5.12. The van der Waals surface area contributed by atoms with E-state index in [4.69, 9.17) is 0 Å². The van der Waals surface area contributed by atoms with Crippen LogP contribution in [0.25, 0.3) is 11.4 Å². The number of likely N-dealkylation sites (tertiary alicyclic amines) is 1. The van der Waals surface area contributed by atoms with E-state index in [0.717, 1.165) is 44.6 Å². The highest BCUT2D eigenvalue weighted by Gasteiger charge is 2.31. The molecule has 7 nitrogen and oxygen atoms in total. The van der Waals surface area contributed by atoms with Crippen LogP contribution in [0.15, 0.2) is 23.0 Å². The molecule has 2 aromatic rings. The second kappa shape index (κ2) is 8.40. The molecule has 0 aliphatic carbocycles. The van der Waals surface area contributed by atoms with Crippen LogP contribution in [0.2, 0.25) is 0 Å². The van der Waals surface area contributed by atoms with Gasteiger partial charge in [0.25, 0.3) is 5.56 Å². The van der Waals surface area contributed by atoms with E-state index in [9.17, 15) is 23.1 Å². The van der Waals surface area contributed by atoms with Crippen molar-refractivity contribution in [2.75, 3.05) is 25.0 Å². The van der Waals surface area contributed by atoms with Crippen LogP contribution < -0.4 is 10.9 Å². The largest absolute Gasteiger partial charge is 0.507 e. The molecule has 2 N–H and O–H groups in total. The molecular formula is C19H24F3N5O2. The van der Waals surface area contributed by atoms with Crippen LogP contribution in [0, 0.1) is 0 Å². The van der Waals surface area contributed by atoms with Gasteiger partial charge in [-0.05, 0) is 51.1 Å². The summed E-state index contributed by atoms with van der Waals surface area (Å²) >= 11 is 0. The number of nitrogens with zero attached hydrogens (tertiary/aromatic N) is 4. The van der Waals surface area contributed by atoms with Crippen molar-refractivity contribution in [2.45, 2.75) is 45.5 Å². The van der Waals surface area contributed by atoms with Crippen molar-refractivity contribution in [3.05, 3.63) is 34.1 Å². The highest BCUT2D eigenvalue weighted by atomic mass is 19.4. The summed E-state index contributed by atoms with van der Waals surface area (Å²) in [6, 6.07) is 2.63. The smallest absolute Gasteiger partial charge is 0.416 e. The molecule has 10 heteroatoms. The molecule has 1 aliphatic rings. The molecule has 158 valence electrons. The molecule has 0 saturated carbocycles. The molecule has 3 rings (SSSR count). The van der Waals surface area contributed by atoms with Crippen molar-refractivity contribution in [3.63, 3.8) is 0 Å². The number of likely N-dealkylation sites (N-methyl/N-ethyl adjacent to an activating group) is 1. The van der Waals surface area contributed by atoms with Gasteiger partial charge in [0.15, 0.2) is 5.82 Å². The Bertz CT molecular complexity index is 929. The molecular weight excluding hydrogens is 387 g/mol. The van der Waals surface area contributed by atoms with E-state index in [1.165, 1.54) is 4.57 Å². The maximum Gasteiger partial charge on any atom is 0.416 e.